The number of amides is 1. The zero-order chi connectivity index (χ0) is 15.8. The van der Waals surface area contributed by atoms with Crippen molar-refractivity contribution >= 4 is 23.6 Å². The van der Waals surface area contributed by atoms with E-state index < -0.39 is 12.0 Å². The van der Waals surface area contributed by atoms with Gasteiger partial charge in [0.1, 0.15) is 6.04 Å². The van der Waals surface area contributed by atoms with Crippen LogP contribution < -0.4 is 10.9 Å². The quantitative estimate of drug-likeness (QED) is 0.743. The average Bonchev–Trinajstić information content (AvgIpc) is 2.44. The number of carboxylic acid groups (broad SMARTS) is 1. The molecule has 6 nitrogen and oxygen atoms in total. The Morgan fingerprint density at radius 1 is 1.48 bits per heavy atom. The molecule has 0 radical (unpaired) electrons. The fourth-order valence-corrected chi connectivity index (χ4v) is 2.29. The van der Waals surface area contributed by atoms with Crippen molar-refractivity contribution in [3.05, 3.63) is 34.2 Å². The van der Waals surface area contributed by atoms with Gasteiger partial charge in [-0.2, -0.15) is 11.8 Å². The number of hydrogen-bond acceptors (Lipinski definition) is 4. The van der Waals surface area contributed by atoms with Gasteiger partial charge >= 0.3 is 5.97 Å². The van der Waals surface area contributed by atoms with Gasteiger partial charge in [0.2, 0.25) is 5.91 Å². The number of nitrogens with zero attached hydrogens (tertiary/aromatic N) is 1. The van der Waals surface area contributed by atoms with Gasteiger partial charge in [0.25, 0.3) is 5.56 Å². The number of aromatic nitrogens is 1. The summed E-state index contributed by atoms with van der Waals surface area (Å²) in [5.74, 6) is -0.740. The molecule has 1 unspecified atom stereocenters. The minimum Gasteiger partial charge on any atom is -0.480 e. The Labute approximate surface area is 127 Å². The van der Waals surface area contributed by atoms with Gasteiger partial charge in [0, 0.05) is 24.7 Å². The normalized spacial score (nSPS) is 11.9. The van der Waals surface area contributed by atoms with Crippen LogP contribution in [-0.4, -0.2) is 39.6 Å². The molecule has 1 atom stereocenters. The van der Waals surface area contributed by atoms with Gasteiger partial charge in [0.05, 0.1) is 0 Å². The first-order chi connectivity index (χ1) is 9.95. The van der Waals surface area contributed by atoms with E-state index in [-0.39, 0.29) is 24.4 Å². The zero-order valence-corrected chi connectivity index (χ0v) is 13.0. The second-order valence-electron chi connectivity index (χ2n) is 4.68. The maximum absolute atomic E-state index is 11.8. The van der Waals surface area contributed by atoms with Crippen molar-refractivity contribution in [2.75, 3.05) is 12.0 Å². The van der Waals surface area contributed by atoms with Crippen LogP contribution in [0.15, 0.2) is 23.1 Å². The molecule has 21 heavy (non-hydrogen) atoms. The molecule has 0 saturated carbocycles. The van der Waals surface area contributed by atoms with Crippen molar-refractivity contribution in [3.8, 4) is 0 Å². The molecule has 0 spiro atoms. The van der Waals surface area contributed by atoms with Crippen LogP contribution in [0.2, 0.25) is 0 Å². The van der Waals surface area contributed by atoms with Crippen molar-refractivity contribution in [2.45, 2.75) is 32.4 Å². The van der Waals surface area contributed by atoms with Crippen LogP contribution in [0.3, 0.4) is 0 Å². The molecular formula is C14H20N2O4S. The molecule has 0 fully saturated rings. The van der Waals surface area contributed by atoms with E-state index in [4.69, 9.17) is 5.11 Å². The molecule has 0 aliphatic carbocycles. The fourth-order valence-electron chi connectivity index (χ4n) is 1.81. The fraction of sp³-hybridized carbons (Fsp3) is 0.500. The third-order valence-electron chi connectivity index (χ3n) is 3.03. The molecule has 7 heteroatoms. The summed E-state index contributed by atoms with van der Waals surface area (Å²) in [7, 11) is 0. The van der Waals surface area contributed by atoms with Crippen LogP contribution in [0.25, 0.3) is 0 Å². The Morgan fingerprint density at radius 3 is 2.81 bits per heavy atom. The van der Waals surface area contributed by atoms with Gasteiger partial charge in [0.15, 0.2) is 0 Å². The van der Waals surface area contributed by atoms with E-state index in [0.717, 1.165) is 0 Å². The second-order valence-corrected chi connectivity index (χ2v) is 5.67. The summed E-state index contributed by atoms with van der Waals surface area (Å²) in [6, 6.07) is 2.58. The second kappa shape index (κ2) is 8.51. The van der Waals surface area contributed by atoms with Gasteiger partial charge in [-0.3, -0.25) is 9.59 Å². The van der Waals surface area contributed by atoms with Gasteiger partial charge in [-0.05, 0) is 31.4 Å². The molecule has 0 saturated heterocycles. The molecule has 1 amide bonds. The highest BCUT2D eigenvalue weighted by molar-refractivity contribution is 7.98. The van der Waals surface area contributed by atoms with Gasteiger partial charge < -0.3 is 15.0 Å². The number of aryl methyl sites for hydroxylation is 2. The molecule has 0 aliphatic heterocycles. The number of aliphatic carboxylic acids is 1. The lowest BCUT2D eigenvalue weighted by Crippen LogP contribution is -2.41. The topological polar surface area (TPSA) is 88.4 Å². The lowest BCUT2D eigenvalue weighted by Gasteiger charge is -2.14. The van der Waals surface area contributed by atoms with Crippen molar-refractivity contribution < 1.29 is 14.7 Å². The Kier molecular flexibility index (Phi) is 7.01. The van der Waals surface area contributed by atoms with Crippen molar-refractivity contribution in [1.29, 1.82) is 0 Å². The molecule has 0 aliphatic rings. The number of rotatable bonds is 8. The molecule has 2 N–H and O–H groups in total. The predicted octanol–water partition coefficient (Wildman–Crippen LogP) is 0.869. The van der Waals surface area contributed by atoms with Crippen molar-refractivity contribution in [2.24, 2.45) is 0 Å². The average molecular weight is 312 g/mol. The first-order valence-electron chi connectivity index (χ1n) is 6.63. The number of pyridine rings is 1. The third kappa shape index (κ3) is 5.63. The number of carbonyl (C=O) groups is 2. The van der Waals surface area contributed by atoms with Crippen LogP contribution in [0.1, 0.15) is 18.4 Å². The molecular weight excluding hydrogens is 292 g/mol. The number of carbonyl (C=O) groups excluding carboxylic acids is 1. The minimum atomic E-state index is -1.04. The van der Waals surface area contributed by atoms with E-state index in [1.807, 2.05) is 6.26 Å². The molecule has 1 aromatic heterocycles. The van der Waals surface area contributed by atoms with Crippen LogP contribution in [0.5, 0.6) is 0 Å². The summed E-state index contributed by atoms with van der Waals surface area (Å²) < 4.78 is 1.45. The molecule has 1 rings (SSSR count). The summed E-state index contributed by atoms with van der Waals surface area (Å²) in [5.41, 5.74) is 0.476. The molecule has 1 aromatic rings. The van der Waals surface area contributed by atoms with Crippen LogP contribution in [0, 0.1) is 6.92 Å². The Bertz CT molecular complexity index is 556. The predicted molar refractivity (Wildman–Crippen MR) is 82.6 cm³/mol. The maximum Gasteiger partial charge on any atom is 0.326 e. The summed E-state index contributed by atoms with van der Waals surface area (Å²) in [6.07, 6.45) is 3.95. The first-order valence-corrected chi connectivity index (χ1v) is 8.02. The Morgan fingerprint density at radius 2 is 2.19 bits per heavy atom. The first kappa shape index (κ1) is 17.3. The van der Waals surface area contributed by atoms with Gasteiger partial charge in [-0.25, -0.2) is 4.79 Å². The summed E-state index contributed by atoms with van der Waals surface area (Å²) >= 11 is 1.53. The molecule has 1 heterocycles. The largest absolute Gasteiger partial charge is 0.480 e. The van der Waals surface area contributed by atoms with E-state index in [1.165, 1.54) is 16.3 Å². The third-order valence-corrected chi connectivity index (χ3v) is 3.68. The summed E-state index contributed by atoms with van der Waals surface area (Å²) in [4.78, 5) is 34.6. The van der Waals surface area contributed by atoms with E-state index in [0.29, 0.717) is 17.7 Å². The van der Waals surface area contributed by atoms with Gasteiger partial charge in [-0.1, -0.05) is 6.07 Å². The van der Waals surface area contributed by atoms with E-state index in [9.17, 15) is 14.4 Å². The van der Waals surface area contributed by atoms with Crippen molar-refractivity contribution in [1.82, 2.24) is 9.88 Å². The number of nitrogens with one attached hydrogen (secondary N) is 1. The Balaban J connectivity index is 2.55. The minimum absolute atomic E-state index is 0.0758. The van der Waals surface area contributed by atoms with E-state index in [2.05, 4.69) is 5.32 Å². The standard InChI is InChI=1S/C14H20N2O4S/c1-10-4-3-7-16(13(10)18)8-5-12(17)15-11(14(19)20)6-9-21-2/h3-4,7,11H,5-6,8-9H2,1-2H3,(H,15,17)(H,19,20). The molecule has 0 aromatic carbocycles. The highest BCUT2D eigenvalue weighted by Crippen LogP contribution is 2.02. The number of carboxylic acids is 1. The van der Waals surface area contributed by atoms with E-state index in [1.54, 1.807) is 25.3 Å². The lowest BCUT2D eigenvalue weighted by molar-refractivity contribution is -0.141. The van der Waals surface area contributed by atoms with Gasteiger partial charge in [-0.15, -0.1) is 0 Å². The highest BCUT2D eigenvalue weighted by Gasteiger charge is 2.19. The smallest absolute Gasteiger partial charge is 0.326 e. The summed E-state index contributed by atoms with van der Waals surface area (Å²) in [6.45, 7) is 1.95. The van der Waals surface area contributed by atoms with Crippen LogP contribution in [-0.2, 0) is 16.1 Å². The highest BCUT2D eigenvalue weighted by atomic mass is 32.2. The number of thioether (sulfide) groups is 1. The SMILES string of the molecule is CSCCC(NC(=O)CCn1cccc(C)c1=O)C(=O)O. The molecule has 0 bridgehead atoms. The molecule has 116 valence electrons. The van der Waals surface area contributed by atoms with Crippen LogP contribution in [0.4, 0.5) is 0 Å². The zero-order valence-electron chi connectivity index (χ0n) is 12.2. The monoisotopic (exact) mass is 312 g/mol. The van der Waals surface area contributed by atoms with Crippen LogP contribution >= 0.6 is 11.8 Å². The lowest BCUT2D eigenvalue weighted by atomic mass is 10.2. The number of hydrogen-bond donors (Lipinski definition) is 2. The van der Waals surface area contributed by atoms with Crippen molar-refractivity contribution in [3.63, 3.8) is 0 Å². The maximum atomic E-state index is 11.8. The summed E-state index contributed by atoms with van der Waals surface area (Å²) in [5, 5.41) is 11.5. The van der Waals surface area contributed by atoms with E-state index >= 15 is 0 Å². The Hall–Kier alpha value is -1.76.